The maximum atomic E-state index is 14.0. The first-order valence-corrected chi connectivity index (χ1v) is 16.2. The number of benzene rings is 1. The molecule has 4 amide bonds. The first kappa shape index (κ1) is 33.9. The molecule has 1 aromatic heterocycles. The Morgan fingerprint density at radius 3 is 2.68 bits per heavy atom. The molecular weight excluding hydrogens is 680 g/mol. The summed E-state index contributed by atoms with van der Waals surface area (Å²) >= 11 is 3.44. The normalized spacial score (nSPS) is 25.8. The molecule has 0 spiro atoms. The van der Waals surface area contributed by atoms with Gasteiger partial charge in [0.25, 0.3) is 0 Å². The van der Waals surface area contributed by atoms with E-state index in [4.69, 9.17) is 14.3 Å². The number of nitrogens with one attached hydrogen (secondary N) is 2. The third-order valence-corrected chi connectivity index (χ3v) is 8.70. The molecule has 1 saturated heterocycles. The van der Waals surface area contributed by atoms with Gasteiger partial charge in [-0.3, -0.25) is 4.79 Å². The van der Waals surface area contributed by atoms with Crippen LogP contribution in [0.5, 0.6) is 5.75 Å². The predicted octanol–water partition coefficient (Wildman–Crippen LogP) is 2.93. The van der Waals surface area contributed by atoms with Crippen LogP contribution in [-0.4, -0.2) is 103 Å². The second-order valence-corrected chi connectivity index (χ2v) is 13.6. The Hall–Kier alpha value is -4.41. The van der Waals surface area contributed by atoms with Crippen LogP contribution >= 0.6 is 15.9 Å². The summed E-state index contributed by atoms with van der Waals surface area (Å²) in [6, 6.07) is 3.48. The predicted molar refractivity (Wildman–Crippen MR) is 169 cm³/mol. The average molecular weight is 720 g/mol. The lowest BCUT2D eigenvalue weighted by atomic mass is 10.1. The zero-order chi connectivity index (χ0) is 33.9. The Morgan fingerprint density at radius 1 is 1.19 bits per heavy atom. The average Bonchev–Trinajstić information content (AvgIpc) is 3.30. The van der Waals surface area contributed by atoms with Gasteiger partial charge in [0.15, 0.2) is 0 Å². The van der Waals surface area contributed by atoms with Gasteiger partial charge in [-0.15, -0.1) is 5.10 Å². The van der Waals surface area contributed by atoms with Crippen LogP contribution in [0.3, 0.4) is 0 Å². The number of hydrogen-bond acceptors (Lipinski definition) is 10. The van der Waals surface area contributed by atoms with Crippen molar-refractivity contribution in [1.29, 1.82) is 0 Å². The minimum atomic E-state index is -1.47. The number of carbonyl (C=O) groups is 4. The Bertz CT molecular complexity index is 1540. The van der Waals surface area contributed by atoms with Crippen molar-refractivity contribution in [2.75, 3.05) is 20.2 Å². The molecule has 1 aliphatic carbocycles. The van der Waals surface area contributed by atoms with Crippen LogP contribution < -0.4 is 20.3 Å². The summed E-state index contributed by atoms with van der Waals surface area (Å²) in [4.78, 5) is 61.0. The number of hydrazine groups is 1. The number of carbonyl (C=O) groups excluding carboxylic acids is 3. The quantitative estimate of drug-likeness (QED) is 0.372. The second kappa shape index (κ2) is 13.8. The van der Waals surface area contributed by atoms with Crippen molar-refractivity contribution in [3.05, 3.63) is 34.8 Å². The first-order valence-electron chi connectivity index (χ1n) is 15.4. The molecule has 0 radical (unpaired) electrons. The summed E-state index contributed by atoms with van der Waals surface area (Å²) < 4.78 is 11.3. The van der Waals surface area contributed by atoms with Crippen molar-refractivity contribution in [3.8, 4) is 17.1 Å². The van der Waals surface area contributed by atoms with Gasteiger partial charge in [-0.05, 0) is 85.8 Å². The van der Waals surface area contributed by atoms with E-state index in [0.29, 0.717) is 22.2 Å². The van der Waals surface area contributed by atoms with E-state index in [9.17, 15) is 24.3 Å². The van der Waals surface area contributed by atoms with E-state index in [1.165, 1.54) is 4.90 Å². The van der Waals surface area contributed by atoms with Gasteiger partial charge in [0.1, 0.15) is 29.0 Å². The lowest BCUT2D eigenvalue weighted by Crippen LogP contribution is -2.58. The van der Waals surface area contributed by atoms with Crippen molar-refractivity contribution in [1.82, 2.24) is 41.0 Å². The number of rotatable bonds is 6. The maximum Gasteiger partial charge on any atom is 0.426 e. The minimum absolute atomic E-state index is 0.000979. The maximum absolute atomic E-state index is 14.0. The highest BCUT2D eigenvalue weighted by atomic mass is 79.9. The molecule has 5 rings (SSSR count). The molecule has 3 N–H and O–H groups in total. The van der Waals surface area contributed by atoms with E-state index in [1.54, 1.807) is 46.1 Å². The van der Waals surface area contributed by atoms with Crippen molar-refractivity contribution in [2.24, 2.45) is 5.92 Å². The van der Waals surface area contributed by atoms with E-state index < -0.39 is 47.3 Å². The molecule has 3 heterocycles. The summed E-state index contributed by atoms with van der Waals surface area (Å²) in [7, 11) is 1.55. The van der Waals surface area contributed by atoms with Crippen LogP contribution in [0.25, 0.3) is 11.4 Å². The number of nitrogens with zero attached hydrogens (tertiary/aromatic N) is 6. The zero-order valence-electron chi connectivity index (χ0n) is 26.6. The molecule has 17 heteroatoms. The number of aromatic nitrogens is 4. The van der Waals surface area contributed by atoms with Gasteiger partial charge in [-0.25, -0.2) is 24.8 Å². The Morgan fingerprint density at radius 2 is 1.98 bits per heavy atom. The lowest BCUT2D eigenvalue weighted by Gasteiger charge is -2.32. The third kappa shape index (κ3) is 7.94. The van der Waals surface area contributed by atoms with Gasteiger partial charge in [-0.1, -0.05) is 23.7 Å². The Balaban J connectivity index is 1.39. The van der Waals surface area contributed by atoms with Crippen molar-refractivity contribution < 1.29 is 38.6 Å². The van der Waals surface area contributed by atoms with Gasteiger partial charge in [0.05, 0.1) is 18.1 Å². The fourth-order valence-corrected chi connectivity index (χ4v) is 6.18. The first-order chi connectivity index (χ1) is 22.3. The third-order valence-electron chi connectivity index (χ3n) is 8.08. The molecule has 1 aromatic carbocycles. The summed E-state index contributed by atoms with van der Waals surface area (Å²) in [6.45, 7) is 5.19. The van der Waals surface area contributed by atoms with Crippen LogP contribution in [-0.2, 0) is 14.3 Å². The fraction of sp³-hybridized carbons (Fsp3) is 0.567. The number of urea groups is 1. The van der Waals surface area contributed by atoms with Crippen molar-refractivity contribution >= 4 is 39.9 Å². The molecule has 0 bridgehead atoms. The lowest BCUT2D eigenvalue weighted by molar-refractivity contribution is -0.144. The van der Waals surface area contributed by atoms with Crippen molar-refractivity contribution in [3.63, 3.8) is 0 Å². The molecule has 4 unspecified atom stereocenters. The summed E-state index contributed by atoms with van der Waals surface area (Å²) in [5.41, 5.74) is 0.890. The molecule has 2 aromatic rings. The summed E-state index contributed by atoms with van der Waals surface area (Å²) in [5, 5.41) is 26.2. The summed E-state index contributed by atoms with van der Waals surface area (Å²) in [5.74, 6) is -1.27. The van der Waals surface area contributed by atoms with Gasteiger partial charge in [0, 0.05) is 29.4 Å². The number of aliphatic carboxylic acids is 1. The topological polar surface area (TPSA) is 190 Å². The van der Waals surface area contributed by atoms with Gasteiger partial charge < -0.3 is 29.6 Å². The second-order valence-electron chi connectivity index (χ2n) is 12.7. The largest absolute Gasteiger partial charge is 0.496 e. The molecule has 3 aliphatic rings. The smallest absolute Gasteiger partial charge is 0.426 e. The molecule has 2 fully saturated rings. The molecule has 4 atom stereocenters. The molecule has 16 nitrogen and oxygen atoms in total. The number of ether oxygens (including phenoxy) is 2. The number of amides is 4. The highest BCUT2D eigenvalue weighted by Crippen LogP contribution is 2.45. The van der Waals surface area contributed by atoms with Gasteiger partial charge >= 0.3 is 18.1 Å². The number of carboxylic acid groups (broad SMARTS) is 1. The number of tetrazole rings is 1. The van der Waals surface area contributed by atoms with E-state index >= 15 is 0 Å². The standard InChI is InChI=1S/C30H39BrN8O8/c1-29(2,3)46-27(43)35-38-13-9-7-5-6-8-10-19-16-30(19,26(41)42)32-25(40)22-15-20(17-37(22)28(38)44)47-39-34-24(33-36-39)18-11-12-23(45-4)21(31)14-18/h8,10-12,14,19-20,22H,5-7,9,13,15-17H2,1-4H3,(H,32,40)(H,35,43)(H,41,42)/b10-8-. The van der Waals surface area contributed by atoms with E-state index in [2.05, 4.69) is 42.1 Å². The fourth-order valence-electron chi connectivity index (χ4n) is 5.64. The number of hydrogen-bond donors (Lipinski definition) is 3. The van der Waals surface area contributed by atoms with Crippen LogP contribution in [0.1, 0.15) is 59.3 Å². The number of fused-ring (bicyclic) bond motifs is 2. The van der Waals surface area contributed by atoms with Crippen molar-refractivity contribution in [2.45, 2.75) is 82.6 Å². The zero-order valence-corrected chi connectivity index (χ0v) is 28.2. The molecule has 47 heavy (non-hydrogen) atoms. The summed E-state index contributed by atoms with van der Waals surface area (Å²) in [6.07, 6.45) is 5.23. The van der Waals surface area contributed by atoms with Gasteiger partial charge in [-0.2, -0.15) is 0 Å². The number of methoxy groups -OCH3 is 1. The number of carboxylic acids is 1. The monoisotopic (exact) mass is 718 g/mol. The Kier molecular flexibility index (Phi) is 9.93. The molecular formula is C30H39BrN8O8. The van der Waals surface area contributed by atoms with E-state index in [-0.39, 0.29) is 37.7 Å². The molecule has 1 saturated carbocycles. The van der Waals surface area contributed by atoms with Crippen LogP contribution in [0.2, 0.25) is 0 Å². The van der Waals surface area contributed by atoms with Crippen LogP contribution in [0.15, 0.2) is 34.8 Å². The van der Waals surface area contributed by atoms with E-state index in [1.807, 2.05) is 12.2 Å². The highest BCUT2D eigenvalue weighted by molar-refractivity contribution is 9.10. The Labute approximate surface area is 279 Å². The minimum Gasteiger partial charge on any atom is -0.496 e. The van der Waals surface area contributed by atoms with Crippen LogP contribution in [0.4, 0.5) is 9.59 Å². The SMILES string of the molecule is COc1ccc(-c2nnn(OC3CC4C(=O)NC5(C(=O)O)CC5/C=C\CCCCCN(NC(=O)OC(C)(C)C)C(=O)N4C3)n2)cc1Br. The van der Waals surface area contributed by atoms with E-state index in [0.717, 1.165) is 29.2 Å². The highest BCUT2D eigenvalue weighted by Gasteiger charge is 2.61. The molecule has 2 aliphatic heterocycles. The van der Waals surface area contributed by atoms with Crippen LogP contribution in [0, 0.1) is 5.92 Å². The number of halogens is 1. The molecule has 254 valence electrons. The van der Waals surface area contributed by atoms with Gasteiger partial charge in [0.2, 0.25) is 11.7 Å². The number of allylic oxidation sites excluding steroid dienone is 1.